The highest BCUT2D eigenvalue weighted by Gasteiger charge is 2.13. The fourth-order valence-corrected chi connectivity index (χ4v) is 3.18. The first-order chi connectivity index (χ1) is 14.4. The van der Waals surface area contributed by atoms with Gasteiger partial charge in [0.15, 0.2) is 11.1 Å². The van der Waals surface area contributed by atoms with Crippen LogP contribution in [-0.4, -0.2) is 11.2 Å². The fourth-order valence-electron chi connectivity index (χ4n) is 2.92. The van der Waals surface area contributed by atoms with E-state index in [9.17, 15) is 14.8 Å². The smallest absolute Gasteiger partial charge is 0.343 e. The molecule has 0 aliphatic carbocycles. The van der Waals surface area contributed by atoms with Crippen LogP contribution < -0.4 is 15.4 Å². The summed E-state index contributed by atoms with van der Waals surface area (Å²) in [5, 5.41) is 19.1. The highest BCUT2D eigenvalue weighted by atomic mass is 79.9. The zero-order valence-electron chi connectivity index (χ0n) is 15.3. The molecule has 30 heavy (non-hydrogen) atoms. The fraction of sp³-hybridized carbons (Fsp3) is 0. The third-order valence-corrected chi connectivity index (χ3v) is 5.01. The van der Waals surface area contributed by atoms with Crippen molar-refractivity contribution in [1.29, 1.82) is 0 Å². The van der Waals surface area contributed by atoms with Crippen molar-refractivity contribution in [3.05, 3.63) is 98.5 Å². The molecule has 1 aromatic heterocycles. The average Bonchev–Trinajstić information content (AvgIpc) is 2.75. The molecule has 7 nitrogen and oxygen atoms in total. The minimum Gasteiger partial charge on any atom is -0.595 e. The maximum absolute atomic E-state index is 12.8. The lowest BCUT2D eigenvalue weighted by Gasteiger charge is -2.11. The molecule has 3 aromatic carbocycles. The molecular formula is C22H14BrNO6. The maximum atomic E-state index is 12.8. The molecule has 8 heteroatoms. The highest BCUT2D eigenvalue weighted by molar-refractivity contribution is 9.10. The molecule has 1 atom stereocenters. The third-order valence-electron chi connectivity index (χ3n) is 4.48. The van der Waals surface area contributed by atoms with E-state index < -0.39 is 11.2 Å². The van der Waals surface area contributed by atoms with Crippen LogP contribution in [0.1, 0.15) is 10.4 Å². The molecule has 0 aliphatic heterocycles. The number of carbonyl (C=O) groups excluding carboxylic acids is 1. The molecule has 0 amide bonds. The lowest BCUT2D eigenvalue weighted by molar-refractivity contribution is -0.991. The number of esters is 1. The normalized spacial score (nSPS) is 12.0. The van der Waals surface area contributed by atoms with Crippen molar-refractivity contribution in [2.45, 2.75) is 0 Å². The van der Waals surface area contributed by atoms with E-state index in [-0.39, 0.29) is 28.0 Å². The Balaban J connectivity index is 1.60. The van der Waals surface area contributed by atoms with Crippen LogP contribution in [0.5, 0.6) is 5.75 Å². The van der Waals surface area contributed by atoms with Crippen molar-refractivity contribution < 1.29 is 24.4 Å². The minimum absolute atomic E-state index is 0.0700. The number of halogens is 1. The van der Waals surface area contributed by atoms with E-state index in [1.165, 1.54) is 42.7 Å². The van der Waals surface area contributed by atoms with Crippen molar-refractivity contribution in [3.63, 3.8) is 0 Å². The zero-order chi connectivity index (χ0) is 21.3. The number of quaternary nitrogens is 1. The lowest BCUT2D eigenvalue weighted by Crippen LogP contribution is -2.99. The number of benzene rings is 3. The van der Waals surface area contributed by atoms with Crippen molar-refractivity contribution >= 4 is 38.6 Å². The first-order valence-corrected chi connectivity index (χ1v) is 9.59. The average molecular weight is 468 g/mol. The number of nitrogens with one attached hydrogen (secondary N) is 1. The third kappa shape index (κ3) is 4.03. The van der Waals surface area contributed by atoms with E-state index in [4.69, 9.17) is 14.4 Å². The maximum Gasteiger partial charge on any atom is 0.343 e. The number of fused-ring (bicyclic) bond motifs is 1. The summed E-state index contributed by atoms with van der Waals surface area (Å²) in [6, 6.07) is 17.2. The molecule has 150 valence electrons. The van der Waals surface area contributed by atoms with Crippen molar-refractivity contribution in [3.8, 4) is 16.9 Å². The van der Waals surface area contributed by atoms with Crippen LogP contribution >= 0.6 is 15.9 Å². The predicted octanol–water partition coefficient (Wildman–Crippen LogP) is 3.85. The van der Waals surface area contributed by atoms with Crippen LogP contribution in [0, 0.1) is 5.21 Å². The highest BCUT2D eigenvalue weighted by Crippen LogP contribution is 2.24. The standard InChI is InChI=1S/C22H14BrNO6/c23-15-5-1-13(2-6-15)19-12-29-20-11-17(9-10-18(20)21(19)25)30-22(26)14-3-7-16(8-4-14)24(27)28/h1-12,24,27H. The molecule has 1 heterocycles. The van der Waals surface area contributed by atoms with Gasteiger partial charge in [-0.1, -0.05) is 28.1 Å². The Morgan fingerprint density at radius 2 is 1.73 bits per heavy atom. The largest absolute Gasteiger partial charge is 0.595 e. The Bertz CT molecular complexity index is 1280. The van der Waals surface area contributed by atoms with Gasteiger partial charge in [0.1, 0.15) is 17.6 Å². The van der Waals surface area contributed by atoms with Crippen LogP contribution in [0.2, 0.25) is 0 Å². The van der Waals surface area contributed by atoms with E-state index in [2.05, 4.69) is 15.9 Å². The van der Waals surface area contributed by atoms with E-state index in [0.717, 1.165) is 10.0 Å². The van der Waals surface area contributed by atoms with Gasteiger partial charge in [0.05, 0.1) is 16.5 Å². The molecule has 0 fully saturated rings. The van der Waals surface area contributed by atoms with Gasteiger partial charge in [-0.05, 0) is 42.0 Å². The van der Waals surface area contributed by atoms with Gasteiger partial charge in [-0.25, -0.2) is 10.0 Å². The van der Waals surface area contributed by atoms with E-state index >= 15 is 0 Å². The number of rotatable bonds is 4. The second-order valence-corrected chi connectivity index (χ2v) is 7.33. The lowest BCUT2D eigenvalue weighted by atomic mass is 10.1. The zero-order valence-corrected chi connectivity index (χ0v) is 16.9. The Morgan fingerprint density at radius 3 is 2.40 bits per heavy atom. The van der Waals surface area contributed by atoms with Gasteiger partial charge < -0.3 is 14.4 Å². The molecule has 2 N–H and O–H groups in total. The summed E-state index contributed by atoms with van der Waals surface area (Å²) in [6.45, 7) is 0. The van der Waals surface area contributed by atoms with Crippen molar-refractivity contribution in [2.24, 2.45) is 0 Å². The topological polar surface area (TPSA) is 104 Å². The monoisotopic (exact) mass is 467 g/mol. The van der Waals surface area contributed by atoms with E-state index in [0.29, 0.717) is 10.9 Å². The number of hydrogen-bond acceptors (Lipinski definition) is 6. The molecule has 0 aliphatic rings. The summed E-state index contributed by atoms with van der Waals surface area (Å²) in [6.07, 6.45) is 1.38. The molecule has 0 spiro atoms. The van der Waals surface area contributed by atoms with Crippen LogP contribution in [0.4, 0.5) is 5.69 Å². The molecule has 0 radical (unpaired) electrons. The van der Waals surface area contributed by atoms with Crippen LogP contribution in [-0.2, 0) is 0 Å². The number of ether oxygens (including phenoxy) is 1. The Hall–Kier alpha value is -3.30. The summed E-state index contributed by atoms with van der Waals surface area (Å²) in [4.78, 5) is 25.1. The van der Waals surface area contributed by atoms with Crippen molar-refractivity contribution in [2.75, 3.05) is 0 Å². The molecule has 0 saturated carbocycles. The summed E-state index contributed by atoms with van der Waals surface area (Å²) >= 11 is 3.36. The summed E-state index contributed by atoms with van der Waals surface area (Å²) in [5.41, 5.74) is 1.52. The Kier molecular flexibility index (Phi) is 5.47. The van der Waals surface area contributed by atoms with Gasteiger partial charge in [-0.2, -0.15) is 5.23 Å². The summed E-state index contributed by atoms with van der Waals surface area (Å²) in [7, 11) is 0. The van der Waals surface area contributed by atoms with Crippen LogP contribution in [0.25, 0.3) is 22.1 Å². The Labute approximate surface area is 178 Å². The van der Waals surface area contributed by atoms with E-state index in [1.807, 2.05) is 24.3 Å². The predicted molar refractivity (Wildman–Crippen MR) is 113 cm³/mol. The van der Waals surface area contributed by atoms with Gasteiger partial charge in [0.2, 0.25) is 0 Å². The van der Waals surface area contributed by atoms with Gasteiger partial charge in [0, 0.05) is 22.7 Å². The Morgan fingerprint density at radius 1 is 1.03 bits per heavy atom. The molecular weight excluding hydrogens is 454 g/mol. The molecule has 4 aromatic rings. The van der Waals surface area contributed by atoms with Gasteiger partial charge >= 0.3 is 5.97 Å². The second kappa shape index (κ2) is 8.21. The number of carbonyl (C=O) groups is 1. The number of hydrogen-bond donors (Lipinski definition) is 2. The molecule has 4 rings (SSSR count). The van der Waals surface area contributed by atoms with E-state index in [1.54, 1.807) is 6.07 Å². The van der Waals surface area contributed by atoms with Crippen LogP contribution in [0.3, 0.4) is 0 Å². The van der Waals surface area contributed by atoms with Gasteiger partial charge in [-0.15, -0.1) is 0 Å². The second-order valence-electron chi connectivity index (χ2n) is 6.42. The van der Waals surface area contributed by atoms with Gasteiger partial charge in [0.25, 0.3) is 0 Å². The first-order valence-electron chi connectivity index (χ1n) is 8.79. The molecule has 0 bridgehead atoms. The minimum atomic E-state index is -1.08. The van der Waals surface area contributed by atoms with Crippen molar-refractivity contribution in [1.82, 2.24) is 0 Å². The SMILES string of the molecule is O=C(Oc1ccc2c(=O)c(-c3ccc(Br)cc3)coc2c1)c1ccc([NH+]([O-])O)cc1. The summed E-state index contributed by atoms with van der Waals surface area (Å²) < 4.78 is 11.8. The molecule has 0 saturated heterocycles. The first kappa shape index (κ1) is 20.0. The van der Waals surface area contributed by atoms with Gasteiger partial charge in [-0.3, -0.25) is 4.79 Å². The summed E-state index contributed by atoms with van der Waals surface area (Å²) in [5.74, 6) is -0.450. The molecule has 1 unspecified atom stereocenters. The quantitative estimate of drug-likeness (QED) is 0.268. The van der Waals surface area contributed by atoms with Crippen LogP contribution in [0.15, 0.2) is 86.7 Å².